The molecule has 0 unspecified atom stereocenters. The molecule has 3 rings (SSSR count). The summed E-state index contributed by atoms with van der Waals surface area (Å²) in [5.41, 5.74) is 1.60. The van der Waals surface area contributed by atoms with Crippen LogP contribution in [0.1, 0.15) is 5.89 Å². The molecule has 94 valence electrons. The van der Waals surface area contributed by atoms with Gasteiger partial charge in [0.25, 0.3) is 0 Å². The van der Waals surface area contributed by atoms with E-state index in [2.05, 4.69) is 25.4 Å². The van der Waals surface area contributed by atoms with Crippen LogP contribution in [0.5, 0.6) is 0 Å². The van der Waals surface area contributed by atoms with Crippen LogP contribution in [-0.4, -0.2) is 20.1 Å². The largest absolute Gasteiger partial charge is 0.376 e. The first kappa shape index (κ1) is 11.3. The smallest absolute Gasteiger partial charge is 0.246 e. The normalized spacial score (nSPS) is 10.3. The summed E-state index contributed by atoms with van der Waals surface area (Å²) in [6, 6.07) is 9.83. The van der Waals surface area contributed by atoms with Gasteiger partial charge in [0.2, 0.25) is 11.7 Å². The second kappa shape index (κ2) is 5.26. The van der Waals surface area contributed by atoms with Crippen molar-refractivity contribution >= 4 is 5.69 Å². The minimum absolute atomic E-state index is 0.443. The summed E-state index contributed by atoms with van der Waals surface area (Å²) in [7, 11) is 0. The van der Waals surface area contributed by atoms with Gasteiger partial charge in [-0.2, -0.15) is 4.98 Å². The SMILES string of the molecule is c1ccc(NCc2nc(-c3cnccn3)no2)cc1. The Balaban J connectivity index is 1.69. The van der Waals surface area contributed by atoms with Crippen molar-refractivity contribution in [3.63, 3.8) is 0 Å². The summed E-state index contributed by atoms with van der Waals surface area (Å²) in [4.78, 5) is 12.3. The lowest BCUT2D eigenvalue weighted by Crippen LogP contribution is -1.99. The lowest BCUT2D eigenvalue weighted by molar-refractivity contribution is 0.384. The zero-order chi connectivity index (χ0) is 12.9. The quantitative estimate of drug-likeness (QED) is 0.767. The molecule has 6 heteroatoms. The fraction of sp³-hybridized carbons (Fsp3) is 0.0769. The van der Waals surface area contributed by atoms with Crippen LogP contribution in [0.15, 0.2) is 53.4 Å². The maximum absolute atomic E-state index is 5.15. The first-order valence-electron chi connectivity index (χ1n) is 5.80. The number of anilines is 1. The molecule has 1 N–H and O–H groups in total. The molecule has 1 aromatic carbocycles. The third-order valence-corrected chi connectivity index (χ3v) is 2.48. The number of benzene rings is 1. The number of nitrogens with one attached hydrogen (secondary N) is 1. The van der Waals surface area contributed by atoms with Gasteiger partial charge in [0.1, 0.15) is 5.69 Å². The van der Waals surface area contributed by atoms with E-state index in [1.807, 2.05) is 30.3 Å². The molecular weight excluding hydrogens is 242 g/mol. The van der Waals surface area contributed by atoms with E-state index in [0.29, 0.717) is 24.0 Å². The maximum atomic E-state index is 5.15. The van der Waals surface area contributed by atoms with Crippen LogP contribution >= 0.6 is 0 Å². The molecule has 19 heavy (non-hydrogen) atoms. The predicted molar refractivity (Wildman–Crippen MR) is 69.1 cm³/mol. The third kappa shape index (κ3) is 2.74. The van der Waals surface area contributed by atoms with E-state index < -0.39 is 0 Å². The van der Waals surface area contributed by atoms with Crippen molar-refractivity contribution in [1.82, 2.24) is 20.1 Å². The topological polar surface area (TPSA) is 76.7 Å². The summed E-state index contributed by atoms with van der Waals surface area (Å²) in [5, 5.41) is 7.06. The van der Waals surface area contributed by atoms with E-state index in [-0.39, 0.29) is 0 Å². The first-order chi connectivity index (χ1) is 9.42. The van der Waals surface area contributed by atoms with E-state index >= 15 is 0 Å². The highest BCUT2D eigenvalue weighted by molar-refractivity contribution is 5.46. The Kier molecular flexibility index (Phi) is 3.14. The van der Waals surface area contributed by atoms with E-state index in [9.17, 15) is 0 Å². The van der Waals surface area contributed by atoms with Crippen molar-refractivity contribution in [3.05, 3.63) is 54.8 Å². The van der Waals surface area contributed by atoms with Crippen LogP contribution < -0.4 is 5.32 Å². The molecule has 3 aromatic rings. The van der Waals surface area contributed by atoms with Gasteiger partial charge in [-0.25, -0.2) is 4.98 Å². The van der Waals surface area contributed by atoms with Crippen LogP contribution in [0.3, 0.4) is 0 Å². The third-order valence-electron chi connectivity index (χ3n) is 2.48. The number of hydrogen-bond donors (Lipinski definition) is 1. The second-order valence-electron chi connectivity index (χ2n) is 3.82. The fourth-order valence-corrected chi connectivity index (χ4v) is 1.58. The number of nitrogens with zero attached hydrogens (tertiary/aromatic N) is 4. The van der Waals surface area contributed by atoms with Gasteiger partial charge in [-0.1, -0.05) is 23.4 Å². The van der Waals surface area contributed by atoms with Gasteiger partial charge in [0.05, 0.1) is 12.7 Å². The molecule has 0 radical (unpaired) electrons. The minimum atomic E-state index is 0.443. The molecule has 6 nitrogen and oxygen atoms in total. The van der Waals surface area contributed by atoms with Gasteiger partial charge in [0, 0.05) is 18.1 Å². The molecule has 0 aliphatic heterocycles. The van der Waals surface area contributed by atoms with E-state index in [4.69, 9.17) is 4.52 Å². The standard InChI is InChI=1S/C13H11N5O/c1-2-4-10(5-3-1)16-9-12-17-13(18-19-12)11-8-14-6-7-15-11/h1-8,16H,9H2. The fourth-order valence-electron chi connectivity index (χ4n) is 1.58. The van der Waals surface area contributed by atoms with Gasteiger partial charge >= 0.3 is 0 Å². The molecule has 0 aliphatic rings. The first-order valence-corrected chi connectivity index (χ1v) is 5.80. The van der Waals surface area contributed by atoms with E-state index in [0.717, 1.165) is 5.69 Å². The molecular formula is C13H11N5O. The Morgan fingerprint density at radius 3 is 2.79 bits per heavy atom. The summed E-state index contributed by atoms with van der Waals surface area (Å²) < 4.78 is 5.15. The van der Waals surface area contributed by atoms with Crippen molar-refractivity contribution in [2.45, 2.75) is 6.54 Å². The van der Waals surface area contributed by atoms with Gasteiger partial charge in [0.15, 0.2) is 0 Å². The molecule has 0 amide bonds. The van der Waals surface area contributed by atoms with Crippen molar-refractivity contribution in [2.24, 2.45) is 0 Å². The summed E-state index contributed by atoms with van der Waals surface area (Å²) >= 11 is 0. The van der Waals surface area contributed by atoms with Gasteiger partial charge < -0.3 is 9.84 Å². The minimum Gasteiger partial charge on any atom is -0.376 e. The summed E-state index contributed by atoms with van der Waals surface area (Å²) in [6.45, 7) is 0.470. The Hall–Kier alpha value is -2.76. The average molecular weight is 253 g/mol. The molecule has 0 spiro atoms. The Labute approximate surface area is 109 Å². The second-order valence-corrected chi connectivity index (χ2v) is 3.82. The monoisotopic (exact) mass is 253 g/mol. The van der Waals surface area contributed by atoms with Crippen molar-refractivity contribution in [3.8, 4) is 11.5 Å². The maximum Gasteiger partial charge on any atom is 0.246 e. The molecule has 0 atom stereocenters. The average Bonchev–Trinajstić information content (AvgIpc) is 2.96. The molecule has 0 saturated carbocycles. The van der Waals surface area contributed by atoms with E-state index in [1.54, 1.807) is 18.6 Å². The zero-order valence-electron chi connectivity index (χ0n) is 10.0. The Bertz CT molecular complexity index is 638. The number of rotatable bonds is 4. The van der Waals surface area contributed by atoms with Crippen LogP contribution in [0.25, 0.3) is 11.5 Å². The Morgan fingerprint density at radius 1 is 1.11 bits per heavy atom. The van der Waals surface area contributed by atoms with Crippen LogP contribution in [-0.2, 0) is 6.54 Å². The molecule has 0 bridgehead atoms. The molecule has 0 fully saturated rings. The van der Waals surface area contributed by atoms with Gasteiger partial charge in [-0.3, -0.25) is 4.98 Å². The Morgan fingerprint density at radius 2 is 2.00 bits per heavy atom. The molecule has 0 saturated heterocycles. The van der Waals surface area contributed by atoms with Crippen LogP contribution in [0, 0.1) is 0 Å². The van der Waals surface area contributed by atoms with E-state index in [1.165, 1.54) is 0 Å². The number of aromatic nitrogens is 4. The van der Waals surface area contributed by atoms with Crippen LogP contribution in [0.2, 0.25) is 0 Å². The molecule has 2 aromatic heterocycles. The van der Waals surface area contributed by atoms with Crippen molar-refractivity contribution in [1.29, 1.82) is 0 Å². The lowest BCUT2D eigenvalue weighted by atomic mass is 10.3. The summed E-state index contributed by atoms with van der Waals surface area (Å²) in [5.74, 6) is 0.947. The predicted octanol–water partition coefficient (Wildman–Crippen LogP) is 2.14. The highest BCUT2D eigenvalue weighted by Crippen LogP contribution is 2.12. The number of hydrogen-bond acceptors (Lipinski definition) is 6. The molecule has 2 heterocycles. The van der Waals surface area contributed by atoms with Crippen molar-refractivity contribution in [2.75, 3.05) is 5.32 Å². The van der Waals surface area contributed by atoms with Crippen molar-refractivity contribution < 1.29 is 4.52 Å². The lowest BCUT2D eigenvalue weighted by Gasteiger charge is -2.01. The van der Waals surface area contributed by atoms with Gasteiger partial charge in [-0.05, 0) is 12.1 Å². The molecule has 0 aliphatic carbocycles. The summed E-state index contributed by atoms with van der Waals surface area (Å²) in [6.07, 6.45) is 4.79. The van der Waals surface area contributed by atoms with Gasteiger partial charge in [-0.15, -0.1) is 0 Å². The van der Waals surface area contributed by atoms with Crippen LogP contribution in [0.4, 0.5) is 5.69 Å². The zero-order valence-corrected chi connectivity index (χ0v) is 10.0. The number of para-hydroxylation sites is 1. The highest BCUT2D eigenvalue weighted by Gasteiger charge is 2.09. The highest BCUT2D eigenvalue weighted by atomic mass is 16.5.